The van der Waals surface area contributed by atoms with Gasteiger partial charge in [0.25, 0.3) is 0 Å². The highest BCUT2D eigenvalue weighted by atomic mass is 35.5. The molecule has 37 heavy (non-hydrogen) atoms. The van der Waals surface area contributed by atoms with E-state index in [1.165, 1.54) is 0 Å². The fourth-order valence-electron chi connectivity index (χ4n) is 4.48. The summed E-state index contributed by atoms with van der Waals surface area (Å²) in [5.74, 6) is 0. The summed E-state index contributed by atoms with van der Waals surface area (Å²) in [7, 11) is 0. The molecule has 0 aliphatic carbocycles. The van der Waals surface area contributed by atoms with Gasteiger partial charge in [-0.3, -0.25) is 4.98 Å². The predicted molar refractivity (Wildman–Crippen MR) is 150 cm³/mol. The lowest BCUT2D eigenvalue weighted by atomic mass is 10.0. The second-order valence-corrected chi connectivity index (χ2v) is 9.44. The van der Waals surface area contributed by atoms with Crippen molar-refractivity contribution in [1.29, 1.82) is 5.26 Å². The number of nitrogens with one attached hydrogen (secondary N) is 5. The number of benzene rings is 3. The van der Waals surface area contributed by atoms with Crippen molar-refractivity contribution < 1.29 is 0 Å². The van der Waals surface area contributed by atoms with Crippen LogP contribution in [-0.4, -0.2) is 4.98 Å². The van der Waals surface area contributed by atoms with Gasteiger partial charge in [-0.25, -0.2) is 0 Å². The van der Waals surface area contributed by atoms with Gasteiger partial charge in [-0.15, -0.1) is 0 Å². The molecular weight excluding hydrogens is 505 g/mol. The normalized spacial score (nSPS) is 14.2. The Morgan fingerprint density at radius 1 is 1.00 bits per heavy atom. The molecule has 0 fully saturated rings. The molecule has 1 aromatic heterocycles. The van der Waals surface area contributed by atoms with Crippen LogP contribution < -0.4 is 27.0 Å². The van der Waals surface area contributed by atoms with Crippen LogP contribution in [0.3, 0.4) is 0 Å². The molecule has 2 heterocycles. The van der Waals surface area contributed by atoms with Gasteiger partial charge in [0.05, 0.1) is 39.6 Å². The first kappa shape index (κ1) is 24.7. The number of hydrogen-bond donors (Lipinski definition) is 5. The van der Waals surface area contributed by atoms with E-state index in [9.17, 15) is 5.26 Å². The largest absolute Gasteiger partial charge is 0.377 e. The summed E-state index contributed by atoms with van der Waals surface area (Å²) in [5, 5.41) is 18.9. The summed E-state index contributed by atoms with van der Waals surface area (Å²) < 4.78 is 0. The lowest BCUT2D eigenvalue weighted by molar-refractivity contribution is 0.583. The topological polar surface area (TPSA) is 96.8 Å². The number of halogens is 2. The molecule has 1 aliphatic heterocycles. The van der Waals surface area contributed by atoms with Crippen molar-refractivity contribution >= 4 is 45.5 Å². The molecule has 5 N–H and O–H groups in total. The number of anilines is 2. The third kappa shape index (κ3) is 5.13. The van der Waals surface area contributed by atoms with E-state index in [1.54, 1.807) is 6.20 Å². The van der Waals surface area contributed by atoms with E-state index >= 15 is 0 Å². The Labute approximate surface area is 225 Å². The molecule has 3 aromatic carbocycles. The van der Waals surface area contributed by atoms with E-state index in [4.69, 9.17) is 23.2 Å². The first-order valence-corrected chi connectivity index (χ1v) is 12.7. The monoisotopic (exact) mass is 529 g/mol. The molecule has 0 bridgehead atoms. The maximum Gasteiger partial charge on any atom is 0.103 e. The lowest BCUT2D eigenvalue weighted by Gasteiger charge is -2.24. The second kappa shape index (κ2) is 11.0. The molecule has 2 atom stereocenters. The molecule has 4 aromatic rings. The Kier molecular flexibility index (Phi) is 7.33. The van der Waals surface area contributed by atoms with Crippen LogP contribution in [0, 0.1) is 11.3 Å². The highest BCUT2D eigenvalue weighted by Gasteiger charge is 2.23. The number of nitrogens with zero attached hydrogens (tertiary/aromatic N) is 2. The van der Waals surface area contributed by atoms with Crippen molar-refractivity contribution in [3.8, 4) is 6.07 Å². The molecule has 0 saturated carbocycles. The molecule has 186 valence electrons. The van der Waals surface area contributed by atoms with Gasteiger partial charge in [-0.05, 0) is 35.7 Å². The highest BCUT2D eigenvalue weighted by molar-refractivity contribution is 6.36. The molecule has 0 spiro atoms. The average molecular weight is 530 g/mol. The number of hydrazine groups is 2. The lowest BCUT2D eigenvalue weighted by Crippen LogP contribution is -2.34. The van der Waals surface area contributed by atoms with Crippen LogP contribution in [0.15, 0.2) is 84.8 Å². The van der Waals surface area contributed by atoms with Gasteiger partial charge in [0, 0.05) is 28.5 Å². The maximum absolute atomic E-state index is 9.92. The predicted octanol–water partition coefficient (Wildman–Crippen LogP) is 6.58. The molecule has 7 nitrogen and oxygen atoms in total. The van der Waals surface area contributed by atoms with Crippen LogP contribution in [0.5, 0.6) is 0 Å². The number of nitriles is 1. The van der Waals surface area contributed by atoms with Gasteiger partial charge in [-0.2, -0.15) is 10.8 Å². The summed E-state index contributed by atoms with van der Waals surface area (Å²) in [4.78, 5) is 4.50. The molecule has 1 unspecified atom stereocenters. The Hall–Kier alpha value is -3.96. The number of hydrogen-bond acceptors (Lipinski definition) is 7. The van der Waals surface area contributed by atoms with Gasteiger partial charge in [0.2, 0.25) is 0 Å². The summed E-state index contributed by atoms with van der Waals surface area (Å²) in [6, 6.07) is 23.6. The number of aromatic nitrogens is 1. The van der Waals surface area contributed by atoms with Gasteiger partial charge in [0.15, 0.2) is 0 Å². The zero-order valence-electron chi connectivity index (χ0n) is 20.0. The van der Waals surface area contributed by atoms with Crippen molar-refractivity contribution in [2.24, 2.45) is 0 Å². The smallest absolute Gasteiger partial charge is 0.103 e. The number of fused-ring (bicyclic) bond motifs is 1. The maximum atomic E-state index is 9.92. The van der Waals surface area contributed by atoms with Crippen molar-refractivity contribution in [2.75, 3.05) is 10.6 Å². The average Bonchev–Trinajstić information content (AvgIpc) is 3.46. The Bertz CT molecular complexity index is 1500. The Balaban J connectivity index is 1.59. The van der Waals surface area contributed by atoms with Gasteiger partial charge in [-0.1, -0.05) is 78.7 Å². The number of rotatable bonds is 8. The highest BCUT2D eigenvalue weighted by Crippen LogP contribution is 2.38. The van der Waals surface area contributed by atoms with Crippen LogP contribution in [-0.2, 0) is 0 Å². The minimum Gasteiger partial charge on any atom is -0.377 e. The second-order valence-electron chi connectivity index (χ2n) is 8.62. The fraction of sp³-hybridized carbons (Fsp3) is 0.143. The third-order valence-electron chi connectivity index (χ3n) is 6.32. The first-order valence-electron chi connectivity index (χ1n) is 11.9. The van der Waals surface area contributed by atoms with Crippen LogP contribution in [0.25, 0.3) is 10.9 Å². The van der Waals surface area contributed by atoms with E-state index in [1.807, 2.05) is 60.8 Å². The molecular formula is C28H25Cl2N7. The van der Waals surface area contributed by atoms with Gasteiger partial charge in [0.1, 0.15) is 6.07 Å². The van der Waals surface area contributed by atoms with E-state index in [2.05, 4.69) is 57.1 Å². The molecule has 9 heteroatoms. The van der Waals surface area contributed by atoms with Crippen molar-refractivity contribution in [1.82, 2.24) is 21.4 Å². The minimum atomic E-state index is -0.305. The standard InChI is InChI=1S/C28H25Cl2N7/c1-2-24(17-8-4-3-5-9-17)35-26-18(14-31)15-32-27-21(26)12-19(13-23(27)30)34-28(25-16-33-37-36-25)20-10-6-7-11-22(20)29/h3-13,15-16,24,28,33-34,36-37H,2H2,1H3,(H,32,35)/t24-,28?/m1/s1. The van der Waals surface area contributed by atoms with Crippen LogP contribution in [0.4, 0.5) is 11.4 Å². The van der Waals surface area contributed by atoms with Gasteiger partial charge < -0.3 is 21.5 Å². The summed E-state index contributed by atoms with van der Waals surface area (Å²) in [6.07, 6.45) is 4.23. The minimum absolute atomic E-state index is 0.00941. The van der Waals surface area contributed by atoms with Crippen LogP contribution >= 0.6 is 23.2 Å². The first-order chi connectivity index (χ1) is 18.1. The quantitative estimate of drug-likeness (QED) is 0.176. The molecule has 1 aliphatic rings. The fourth-order valence-corrected chi connectivity index (χ4v) is 4.99. The van der Waals surface area contributed by atoms with Gasteiger partial charge >= 0.3 is 0 Å². The number of pyridine rings is 1. The molecule has 0 amide bonds. The zero-order chi connectivity index (χ0) is 25.8. The SMILES string of the molecule is CC[C@@H](Nc1c(C#N)cnc2c(Cl)cc(NC(C3=CNNN3)c3ccccc3Cl)cc12)c1ccccc1. The molecule has 0 radical (unpaired) electrons. The molecule has 0 saturated heterocycles. The Morgan fingerprint density at radius 2 is 1.78 bits per heavy atom. The van der Waals surface area contributed by atoms with Crippen molar-refractivity contribution in [3.63, 3.8) is 0 Å². The van der Waals surface area contributed by atoms with E-state index in [0.717, 1.165) is 34.3 Å². The Morgan fingerprint density at radius 3 is 2.49 bits per heavy atom. The summed E-state index contributed by atoms with van der Waals surface area (Å²) in [6.45, 7) is 2.11. The van der Waals surface area contributed by atoms with Crippen molar-refractivity contribution in [2.45, 2.75) is 25.4 Å². The summed E-state index contributed by atoms with van der Waals surface area (Å²) >= 11 is 13.3. The zero-order valence-corrected chi connectivity index (χ0v) is 21.5. The third-order valence-corrected chi connectivity index (χ3v) is 6.95. The summed E-state index contributed by atoms with van der Waals surface area (Å²) in [5.41, 5.74) is 14.3. The van der Waals surface area contributed by atoms with E-state index < -0.39 is 0 Å². The van der Waals surface area contributed by atoms with E-state index in [0.29, 0.717) is 26.8 Å². The van der Waals surface area contributed by atoms with Crippen LogP contribution in [0.1, 0.15) is 42.1 Å². The van der Waals surface area contributed by atoms with Crippen molar-refractivity contribution in [3.05, 3.63) is 112 Å². The molecule has 5 rings (SSSR count). The van der Waals surface area contributed by atoms with Crippen LogP contribution in [0.2, 0.25) is 10.0 Å². The van der Waals surface area contributed by atoms with E-state index in [-0.39, 0.29) is 12.1 Å².